The maximum atomic E-state index is 11.6. The summed E-state index contributed by atoms with van der Waals surface area (Å²) < 4.78 is 4.83. The summed E-state index contributed by atoms with van der Waals surface area (Å²) in [5.41, 5.74) is 0. The molecule has 0 aromatic carbocycles. The van der Waals surface area contributed by atoms with Crippen LogP contribution in [0.2, 0.25) is 10.0 Å². The summed E-state index contributed by atoms with van der Waals surface area (Å²) in [4.78, 5) is 22.6. The van der Waals surface area contributed by atoms with Crippen LogP contribution in [-0.4, -0.2) is 61.6 Å². The molecule has 1 saturated heterocycles. The Hall–Kier alpha value is -1.000. The maximum absolute atomic E-state index is 11.6. The fourth-order valence-corrected chi connectivity index (χ4v) is 3.25. The molecule has 0 amide bonds. The lowest BCUT2D eigenvalue weighted by Crippen LogP contribution is -2.46. The molecule has 10 heteroatoms. The molecule has 2 N–H and O–H groups in total. The molecule has 0 atom stereocenters. The Morgan fingerprint density at radius 1 is 1.41 bits per heavy atom. The largest absolute Gasteiger partial charge is 0.469 e. The molecule has 0 unspecified atom stereocenters. The molecule has 1 aromatic heterocycles. The van der Waals surface area contributed by atoms with E-state index in [1.54, 1.807) is 12.3 Å². The van der Waals surface area contributed by atoms with E-state index in [0.29, 0.717) is 29.0 Å². The van der Waals surface area contributed by atoms with E-state index in [1.165, 1.54) is 7.11 Å². The van der Waals surface area contributed by atoms with Crippen LogP contribution in [0.25, 0.3) is 0 Å². The number of likely N-dealkylation sites (tertiary alicyclic amines) is 1. The number of hydrogen-bond donors (Lipinski definition) is 2. The van der Waals surface area contributed by atoms with E-state index in [9.17, 15) is 4.79 Å². The van der Waals surface area contributed by atoms with Gasteiger partial charge in [-0.25, -0.2) is 4.98 Å². The molecule has 0 bridgehead atoms. The second-order valence-electron chi connectivity index (χ2n) is 5.93. The van der Waals surface area contributed by atoms with Crippen molar-refractivity contribution in [2.75, 3.05) is 45.2 Å². The first kappa shape index (κ1) is 24.0. The van der Waals surface area contributed by atoms with E-state index in [4.69, 9.17) is 27.9 Å². The number of pyridine rings is 1. The lowest BCUT2D eigenvalue weighted by atomic mass is 9.97. The van der Waals surface area contributed by atoms with Gasteiger partial charge < -0.3 is 20.3 Å². The lowest BCUT2D eigenvalue weighted by molar-refractivity contribution is -0.146. The van der Waals surface area contributed by atoms with Crippen molar-refractivity contribution in [1.29, 1.82) is 0 Å². The molecular formula is C17H26Cl2IN5O2. The van der Waals surface area contributed by atoms with Gasteiger partial charge in [0.25, 0.3) is 0 Å². The van der Waals surface area contributed by atoms with Crippen LogP contribution in [0.3, 0.4) is 0 Å². The number of anilines is 1. The van der Waals surface area contributed by atoms with Crippen LogP contribution >= 0.6 is 47.2 Å². The number of aromatic nitrogens is 1. The van der Waals surface area contributed by atoms with Crippen molar-refractivity contribution in [3.8, 4) is 0 Å². The van der Waals surface area contributed by atoms with Crippen LogP contribution in [0.1, 0.15) is 19.8 Å². The number of hydrogen-bond acceptors (Lipinski definition) is 5. The highest BCUT2D eigenvalue weighted by molar-refractivity contribution is 14.0. The van der Waals surface area contributed by atoms with Gasteiger partial charge in [-0.15, -0.1) is 24.0 Å². The Bertz CT molecular complexity index is 640. The maximum Gasteiger partial charge on any atom is 0.308 e. The molecule has 152 valence electrons. The van der Waals surface area contributed by atoms with E-state index in [0.717, 1.165) is 38.4 Å². The highest BCUT2D eigenvalue weighted by atomic mass is 127. The SMILES string of the molecule is CCNC(=NCCNc1ncc(Cl)cc1Cl)N1CCC(C(=O)OC)CC1.I. The summed E-state index contributed by atoms with van der Waals surface area (Å²) in [6.45, 7) is 5.55. The number of esters is 1. The zero-order chi connectivity index (χ0) is 18.9. The number of methoxy groups -OCH3 is 1. The summed E-state index contributed by atoms with van der Waals surface area (Å²) >= 11 is 11.9. The molecule has 2 rings (SSSR count). The van der Waals surface area contributed by atoms with Gasteiger partial charge in [0.05, 0.1) is 29.6 Å². The third kappa shape index (κ3) is 7.50. The first-order valence-corrected chi connectivity index (χ1v) is 9.46. The van der Waals surface area contributed by atoms with Crippen LogP contribution in [0, 0.1) is 5.92 Å². The number of aliphatic imine (C=N–C) groups is 1. The number of rotatable bonds is 6. The summed E-state index contributed by atoms with van der Waals surface area (Å²) in [5.74, 6) is 1.31. The highest BCUT2D eigenvalue weighted by Crippen LogP contribution is 2.22. The molecule has 1 fully saturated rings. The first-order chi connectivity index (χ1) is 12.5. The van der Waals surface area contributed by atoms with Gasteiger partial charge in [0.1, 0.15) is 5.82 Å². The zero-order valence-electron chi connectivity index (χ0n) is 15.5. The normalized spacial score (nSPS) is 15.1. The Balaban J connectivity index is 0.00000364. The van der Waals surface area contributed by atoms with Crippen molar-refractivity contribution < 1.29 is 9.53 Å². The van der Waals surface area contributed by atoms with Gasteiger partial charge >= 0.3 is 5.97 Å². The molecule has 1 aliphatic rings. The monoisotopic (exact) mass is 529 g/mol. The molecule has 27 heavy (non-hydrogen) atoms. The van der Waals surface area contributed by atoms with Crippen molar-refractivity contribution in [2.24, 2.45) is 10.9 Å². The first-order valence-electron chi connectivity index (χ1n) is 8.71. The predicted octanol–water partition coefficient (Wildman–Crippen LogP) is 3.27. The van der Waals surface area contributed by atoms with Gasteiger partial charge in [0, 0.05) is 32.4 Å². The van der Waals surface area contributed by atoms with E-state index in [-0.39, 0.29) is 35.9 Å². The van der Waals surface area contributed by atoms with Crippen LogP contribution in [0.5, 0.6) is 0 Å². The molecule has 0 saturated carbocycles. The Morgan fingerprint density at radius 3 is 2.70 bits per heavy atom. The van der Waals surface area contributed by atoms with Crippen molar-refractivity contribution >= 4 is 64.9 Å². The molecule has 2 heterocycles. The number of guanidine groups is 1. The third-order valence-corrected chi connectivity index (χ3v) is 4.63. The molecule has 1 aromatic rings. The lowest BCUT2D eigenvalue weighted by Gasteiger charge is -2.33. The van der Waals surface area contributed by atoms with Crippen LogP contribution in [0.4, 0.5) is 5.82 Å². The minimum absolute atomic E-state index is 0. The van der Waals surface area contributed by atoms with Crippen LogP contribution < -0.4 is 10.6 Å². The number of halogens is 3. The number of ether oxygens (including phenoxy) is 1. The van der Waals surface area contributed by atoms with E-state index in [1.807, 2.05) is 6.92 Å². The van der Waals surface area contributed by atoms with Gasteiger partial charge in [-0.3, -0.25) is 9.79 Å². The molecule has 0 spiro atoms. The van der Waals surface area contributed by atoms with Gasteiger partial charge in [0.15, 0.2) is 5.96 Å². The average Bonchev–Trinajstić information content (AvgIpc) is 2.65. The third-order valence-electron chi connectivity index (χ3n) is 4.14. The van der Waals surface area contributed by atoms with Gasteiger partial charge in [-0.2, -0.15) is 0 Å². The second kappa shape index (κ2) is 12.5. The van der Waals surface area contributed by atoms with Crippen LogP contribution in [0.15, 0.2) is 17.3 Å². The van der Waals surface area contributed by atoms with Crippen molar-refractivity contribution in [1.82, 2.24) is 15.2 Å². The van der Waals surface area contributed by atoms with Crippen molar-refractivity contribution in [3.63, 3.8) is 0 Å². The molecule has 0 aliphatic carbocycles. The smallest absolute Gasteiger partial charge is 0.308 e. The molecule has 0 radical (unpaired) electrons. The minimum Gasteiger partial charge on any atom is -0.469 e. The predicted molar refractivity (Wildman–Crippen MR) is 120 cm³/mol. The number of nitrogens with zero attached hydrogens (tertiary/aromatic N) is 3. The Kier molecular flexibility index (Phi) is 11.1. The molecule has 1 aliphatic heterocycles. The topological polar surface area (TPSA) is 78.9 Å². The van der Waals surface area contributed by atoms with Gasteiger partial charge in [0.2, 0.25) is 0 Å². The molecular weight excluding hydrogens is 504 g/mol. The van der Waals surface area contributed by atoms with E-state index in [2.05, 4.69) is 25.5 Å². The fraction of sp³-hybridized carbons (Fsp3) is 0.588. The number of carbonyl (C=O) groups is 1. The van der Waals surface area contributed by atoms with Gasteiger partial charge in [-0.1, -0.05) is 23.2 Å². The standard InChI is InChI=1S/C17H25Cl2N5O2.HI/c1-3-20-17(24-8-4-12(5-9-24)16(25)26-2)22-7-6-21-15-14(19)10-13(18)11-23-15;/h10-12H,3-9H2,1-2H3,(H,20,22)(H,21,23);1H. The second-order valence-corrected chi connectivity index (χ2v) is 6.77. The summed E-state index contributed by atoms with van der Waals surface area (Å²) in [7, 11) is 1.44. The van der Waals surface area contributed by atoms with E-state index < -0.39 is 0 Å². The summed E-state index contributed by atoms with van der Waals surface area (Å²) in [6.07, 6.45) is 3.11. The summed E-state index contributed by atoms with van der Waals surface area (Å²) in [6, 6.07) is 1.65. The molecule has 7 nitrogen and oxygen atoms in total. The van der Waals surface area contributed by atoms with Crippen molar-refractivity contribution in [3.05, 3.63) is 22.3 Å². The Morgan fingerprint density at radius 2 is 2.11 bits per heavy atom. The quantitative estimate of drug-likeness (QED) is 0.193. The Labute approximate surface area is 187 Å². The highest BCUT2D eigenvalue weighted by Gasteiger charge is 2.26. The number of carbonyl (C=O) groups excluding carboxylic acids is 1. The number of piperidine rings is 1. The van der Waals surface area contributed by atoms with Crippen molar-refractivity contribution in [2.45, 2.75) is 19.8 Å². The van der Waals surface area contributed by atoms with E-state index >= 15 is 0 Å². The number of nitrogens with one attached hydrogen (secondary N) is 2. The zero-order valence-corrected chi connectivity index (χ0v) is 19.3. The fourth-order valence-electron chi connectivity index (χ4n) is 2.80. The minimum atomic E-state index is -0.122. The summed E-state index contributed by atoms with van der Waals surface area (Å²) in [5, 5.41) is 7.44. The average molecular weight is 530 g/mol. The van der Waals surface area contributed by atoms with Crippen LogP contribution in [-0.2, 0) is 9.53 Å². The van der Waals surface area contributed by atoms with Gasteiger partial charge in [-0.05, 0) is 25.8 Å².